The Morgan fingerprint density at radius 2 is 1.76 bits per heavy atom. The van der Waals surface area contributed by atoms with Gasteiger partial charge in [0.25, 0.3) is 5.91 Å². The number of carbonyl (C=O) groups is 2. The van der Waals surface area contributed by atoms with Crippen LogP contribution < -0.4 is 10.6 Å². The van der Waals surface area contributed by atoms with Crippen molar-refractivity contribution in [1.29, 1.82) is 0 Å². The molecule has 3 amide bonds. The van der Waals surface area contributed by atoms with E-state index in [-0.39, 0.29) is 11.9 Å². The standard InChI is InChI=1S/C20H25N3O2/c1-15-11-12-17(19(24)23(2)3)14-18(15)22-20(25)21-13-7-10-16-8-5-4-6-9-16/h4-6,8-9,11-12,14H,7,10,13H2,1-3H3,(H2,21,22,25). The van der Waals surface area contributed by atoms with E-state index < -0.39 is 0 Å². The van der Waals surface area contributed by atoms with Crippen LogP contribution in [0.25, 0.3) is 0 Å². The van der Waals surface area contributed by atoms with Crippen molar-refractivity contribution in [2.24, 2.45) is 0 Å². The van der Waals surface area contributed by atoms with Gasteiger partial charge in [-0.15, -0.1) is 0 Å². The Labute approximate surface area is 149 Å². The molecule has 0 aromatic heterocycles. The summed E-state index contributed by atoms with van der Waals surface area (Å²) in [6.07, 6.45) is 1.79. The van der Waals surface area contributed by atoms with Gasteiger partial charge in [0.1, 0.15) is 0 Å². The molecule has 2 N–H and O–H groups in total. The lowest BCUT2D eigenvalue weighted by molar-refractivity contribution is 0.0827. The van der Waals surface area contributed by atoms with E-state index in [1.54, 1.807) is 26.2 Å². The Kier molecular flexibility index (Phi) is 6.57. The van der Waals surface area contributed by atoms with Gasteiger partial charge in [-0.05, 0) is 43.0 Å². The lowest BCUT2D eigenvalue weighted by Gasteiger charge is -2.14. The summed E-state index contributed by atoms with van der Waals surface area (Å²) in [5.41, 5.74) is 3.37. The quantitative estimate of drug-likeness (QED) is 0.792. The van der Waals surface area contributed by atoms with Crippen LogP contribution in [0.2, 0.25) is 0 Å². The number of anilines is 1. The monoisotopic (exact) mass is 339 g/mol. The lowest BCUT2D eigenvalue weighted by Crippen LogP contribution is -2.30. The summed E-state index contributed by atoms with van der Waals surface area (Å²) in [6, 6.07) is 15.2. The zero-order valence-electron chi connectivity index (χ0n) is 15.0. The van der Waals surface area contributed by atoms with Gasteiger partial charge in [0, 0.05) is 31.9 Å². The molecule has 0 fully saturated rings. The number of hydrogen-bond acceptors (Lipinski definition) is 2. The second-order valence-corrected chi connectivity index (χ2v) is 6.20. The number of aryl methyl sites for hydroxylation is 2. The Morgan fingerprint density at radius 1 is 1.04 bits per heavy atom. The number of benzene rings is 2. The maximum absolute atomic E-state index is 12.1. The molecular formula is C20H25N3O2. The van der Waals surface area contributed by atoms with Crippen molar-refractivity contribution < 1.29 is 9.59 Å². The maximum atomic E-state index is 12.1. The summed E-state index contributed by atoms with van der Waals surface area (Å²) in [6.45, 7) is 2.49. The summed E-state index contributed by atoms with van der Waals surface area (Å²) < 4.78 is 0. The highest BCUT2D eigenvalue weighted by atomic mass is 16.2. The Morgan fingerprint density at radius 3 is 2.44 bits per heavy atom. The van der Waals surface area contributed by atoms with Gasteiger partial charge in [-0.2, -0.15) is 0 Å². The highest BCUT2D eigenvalue weighted by Gasteiger charge is 2.11. The van der Waals surface area contributed by atoms with Crippen molar-refractivity contribution in [3.8, 4) is 0 Å². The molecule has 0 bridgehead atoms. The van der Waals surface area contributed by atoms with Crippen molar-refractivity contribution in [1.82, 2.24) is 10.2 Å². The molecule has 2 aromatic rings. The summed E-state index contributed by atoms with van der Waals surface area (Å²) in [5, 5.41) is 5.68. The molecule has 0 saturated heterocycles. The smallest absolute Gasteiger partial charge is 0.319 e. The predicted molar refractivity (Wildman–Crippen MR) is 101 cm³/mol. The molecule has 0 aliphatic carbocycles. The first-order valence-electron chi connectivity index (χ1n) is 8.38. The van der Waals surface area contributed by atoms with Gasteiger partial charge < -0.3 is 15.5 Å². The van der Waals surface area contributed by atoms with E-state index >= 15 is 0 Å². The van der Waals surface area contributed by atoms with Crippen molar-refractivity contribution >= 4 is 17.6 Å². The molecule has 2 aromatic carbocycles. The van der Waals surface area contributed by atoms with Gasteiger partial charge in [-0.25, -0.2) is 4.79 Å². The molecule has 0 atom stereocenters. The molecule has 0 aliphatic rings. The number of rotatable bonds is 6. The van der Waals surface area contributed by atoms with Crippen LogP contribution in [0.3, 0.4) is 0 Å². The number of nitrogens with zero attached hydrogens (tertiary/aromatic N) is 1. The molecule has 0 unspecified atom stereocenters. The fourth-order valence-corrected chi connectivity index (χ4v) is 2.45. The molecule has 5 heteroatoms. The zero-order valence-corrected chi connectivity index (χ0v) is 15.0. The van der Waals surface area contributed by atoms with E-state index in [2.05, 4.69) is 22.8 Å². The minimum absolute atomic E-state index is 0.0914. The number of amides is 3. The number of hydrogen-bond donors (Lipinski definition) is 2. The first-order chi connectivity index (χ1) is 12.0. The second kappa shape index (κ2) is 8.87. The third-order valence-corrected chi connectivity index (χ3v) is 3.91. The van der Waals surface area contributed by atoms with E-state index in [1.165, 1.54) is 10.5 Å². The van der Waals surface area contributed by atoms with Crippen molar-refractivity contribution in [3.05, 3.63) is 65.2 Å². The maximum Gasteiger partial charge on any atom is 0.319 e. The fourth-order valence-electron chi connectivity index (χ4n) is 2.45. The molecule has 0 aliphatic heterocycles. The molecule has 0 spiro atoms. The highest BCUT2D eigenvalue weighted by Crippen LogP contribution is 2.17. The first kappa shape index (κ1) is 18.5. The molecule has 5 nitrogen and oxygen atoms in total. The molecule has 132 valence electrons. The molecular weight excluding hydrogens is 314 g/mol. The van der Waals surface area contributed by atoms with Crippen LogP contribution >= 0.6 is 0 Å². The van der Waals surface area contributed by atoms with Gasteiger partial charge in [-0.1, -0.05) is 36.4 Å². The summed E-state index contributed by atoms with van der Waals surface area (Å²) in [7, 11) is 3.41. The van der Waals surface area contributed by atoms with E-state index in [0.717, 1.165) is 18.4 Å². The molecule has 25 heavy (non-hydrogen) atoms. The van der Waals surface area contributed by atoms with Gasteiger partial charge in [0.15, 0.2) is 0 Å². The highest BCUT2D eigenvalue weighted by molar-refractivity contribution is 5.97. The van der Waals surface area contributed by atoms with Crippen LogP contribution in [0.5, 0.6) is 0 Å². The lowest BCUT2D eigenvalue weighted by atomic mass is 10.1. The third kappa shape index (κ3) is 5.64. The predicted octanol–water partition coefficient (Wildman–Crippen LogP) is 3.45. The number of nitrogens with one attached hydrogen (secondary N) is 2. The summed E-state index contributed by atoms with van der Waals surface area (Å²) in [5.74, 6) is -0.0914. The molecule has 0 saturated carbocycles. The topological polar surface area (TPSA) is 61.4 Å². The van der Waals surface area contributed by atoms with Crippen molar-refractivity contribution in [2.75, 3.05) is 26.0 Å². The third-order valence-electron chi connectivity index (χ3n) is 3.91. The minimum Gasteiger partial charge on any atom is -0.345 e. The van der Waals surface area contributed by atoms with Crippen LogP contribution in [0.1, 0.15) is 27.9 Å². The first-order valence-corrected chi connectivity index (χ1v) is 8.38. The van der Waals surface area contributed by atoms with E-state index in [4.69, 9.17) is 0 Å². The number of urea groups is 1. The van der Waals surface area contributed by atoms with E-state index in [9.17, 15) is 9.59 Å². The van der Waals surface area contributed by atoms with Crippen LogP contribution in [0, 0.1) is 6.92 Å². The normalized spacial score (nSPS) is 10.2. The Balaban J connectivity index is 1.85. The van der Waals surface area contributed by atoms with Gasteiger partial charge in [-0.3, -0.25) is 4.79 Å². The molecule has 0 heterocycles. The largest absolute Gasteiger partial charge is 0.345 e. The average Bonchev–Trinajstić information content (AvgIpc) is 2.61. The summed E-state index contributed by atoms with van der Waals surface area (Å²) >= 11 is 0. The van der Waals surface area contributed by atoms with Crippen LogP contribution in [0.4, 0.5) is 10.5 Å². The molecule has 0 radical (unpaired) electrons. The van der Waals surface area contributed by atoms with E-state index in [1.807, 2.05) is 31.2 Å². The molecule has 2 rings (SSSR count). The Bertz CT molecular complexity index is 727. The average molecular weight is 339 g/mol. The summed E-state index contributed by atoms with van der Waals surface area (Å²) in [4.78, 5) is 25.6. The fraction of sp³-hybridized carbons (Fsp3) is 0.300. The second-order valence-electron chi connectivity index (χ2n) is 6.20. The van der Waals surface area contributed by atoms with Gasteiger partial charge in [0.2, 0.25) is 0 Å². The Hall–Kier alpha value is -2.82. The van der Waals surface area contributed by atoms with Gasteiger partial charge in [0.05, 0.1) is 0 Å². The zero-order chi connectivity index (χ0) is 18.2. The van der Waals surface area contributed by atoms with Gasteiger partial charge >= 0.3 is 6.03 Å². The van der Waals surface area contributed by atoms with Crippen LogP contribution in [0.15, 0.2) is 48.5 Å². The van der Waals surface area contributed by atoms with Crippen molar-refractivity contribution in [3.63, 3.8) is 0 Å². The SMILES string of the molecule is Cc1ccc(C(=O)N(C)C)cc1NC(=O)NCCCc1ccccc1. The van der Waals surface area contributed by atoms with E-state index in [0.29, 0.717) is 17.8 Å². The van der Waals surface area contributed by atoms with Crippen LogP contribution in [-0.2, 0) is 6.42 Å². The van der Waals surface area contributed by atoms with Crippen molar-refractivity contribution in [2.45, 2.75) is 19.8 Å². The van der Waals surface area contributed by atoms with Crippen LogP contribution in [-0.4, -0.2) is 37.5 Å². The minimum atomic E-state index is -0.259. The number of carbonyl (C=O) groups excluding carboxylic acids is 2.